The summed E-state index contributed by atoms with van der Waals surface area (Å²) in [5.74, 6) is 0.0627. The highest BCUT2D eigenvalue weighted by atomic mass is 16.5. The van der Waals surface area contributed by atoms with E-state index in [1.165, 1.54) is 7.11 Å². The van der Waals surface area contributed by atoms with Crippen molar-refractivity contribution < 1.29 is 18.8 Å². The van der Waals surface area contributed by atoms with E-state index in [-0.39, 0.29) is 5.91 Å². The fourth-order valence-electron chi connectivity index (χ4n) is 2.73. The molecule has 0 saturated heterocycles. The van der Waals surface area contributed by atoms with Gasteiger partial charge in [-0.25, -0.2) is 4.79 Å². The van der Waals surface area contributed by atoms with Gasteiger partial charge < -0.3 is 19.6 Å². The molecule has 1 aromatic carbocycles. The summed E-state index contributed by atoms with van der Waals surface area (Å²) in [7, 11) is 1.30. The number of rotatable bonds is 4. The zero-order valence-corrected chi connectivity index (χ0v) is 14.8. The molecule has 3 aromatic rings. The van der Waals surface area contributed by atoms with Crippen LogP contribution in [-0.4, -0.2) is 34.1 Å². The summed E-state index contributed by atoms with van der Waals surface area (Å²) in [6, 6.07) is 7.10. The van der Waals surface area contributed by atoms with E-state index in [4.69, 9.17) is 9.26 Å². The van der Waals surface area contributed by atoms with Gasteiger partial charge in [0.25, 0.3) is 5.91 Å². The van der Waals surface area contributed by atoms with Crippen molar-refractivity contribution in [2.24, 2.45) is 0 Å². The number of anilines is 1. The number of nitrogens with one attached hydrogen (secondary N) is 2. The van der Waals surface area contributed by atoms with Gasteiger partial charge in [-0.15, -0.1) is 0 Å². The van der Waals surface area contributed by atoms with Gasteiger partial charge >= 0.3 is 5.97 Å². The van der Waals surface area contributed by atoms with Gasteiger partial charge in [-0.3, -0.25) is 4.79 Å². The van der Waals surface area contributed by atoms with Gasteiger partial charge in [0.15, 0.2) is 0 Å². The van der Waals surface area contributed by atoms with Gasteiger partial charge in [0.2, 0.25) is 11.7 Å². The first-order chi connectivity index (χ1) is 12.4. The SMILES string of the molecule is COC(=O)c1c(C)[nH]c(C(=O)Nc2cccc(-c3noc(C)n3)c2)c1C. The van der Waals surface area contributed by atoms with Crippen LogP contribution < -0.4 is 5.32 Å². The zero-order chi connectivity index (χ0) is 18.8. The van der Waals surface area contributed by atoms with Gasteiger partial charge in [-0.05, 0) is 31.5 Å². The van der Waals surface area contributed by atoms with Crippen LogP contribution >= 0.6 is 0 Å². The molecule has 8 nitrogen and oxygen atoms in total. The summed E-state index contributed by atoms with van der Waals surface area (Å²) in [6.07, 6.45) is 0. The molecule has 0 unspecified atom stereocenters. The van der Waals surface area contributed by atoms with E-state index in [1.807, 2.05) is 6.07 Å². The number of carbonyl (C=O) groups is 2. The molecule has 2 aromatic heterocycles. The van der Waals surface area contributed by atoms with Crippen LogP contribution in [0.4, 0.5) is 5.69 Å². The number of esters is 1. The van der Waals surface area contributed by atoms with Crippen LogP contribution in [0.2, 0.25) is 0 Å². The number of nitrogens with zero attached hydrogens (tertiary/aromatic N) is 2. The predicted octanol–water partition coefficient (Wildman–Crippen LogP) is 3.03. The van der Waals surface area contributed by atoms with Crippen LogP contribution in [0.5, 0.6) is 0 Å². The predicted molar refractivity (Wildman–Crippen MR) is 94.0 cm³/mol. The molecule has 2 heterocycles. The third-order valence-corrected chi connectivity index (χ3v) is 3.96. The second-order valence-electron chi connectivity index (χ2n) is 5.79. The van der Waals surface area contributed by atoms with E-state index >= 15 is 0 Å². The normalized spacial score (nSPS) is 10.6. The maximum absolute atomic E-state index is 12.6. The number of aryl methyl sites for hydroxylation is 2. The number of amides is 1. The number of hydrogen-bond acceptors (Lipinski definition) is 6. The number of aromatic amines is 1. The van der Waals surface area contributed by atoms with Crippen LogP contribution in [-0.2, 0) is 4.74 Å². The van der Waals surface area contributed by atoms with Crippen molar-refractivity contribution in [2.45, 2.75) is 20.8 Å². The number of benzene rings is 1. The Hall–Kier alpha value is -3.42. The zero-order valence-electron chi connectivity index (χ0n) is 14.8. The summed E-state index contributed by atoms with van der Waals surface area (Å²) in [6.45, 7) is 5.12. The van der Waals surface area contributed by atoms with E-state index < -0.39 is 5.97 Å². The van der Waals surface area contributed by atoms with Crippen molar-refractivity contribution in [3.05, 3.63) is 52.7 Å². The first-order valence-corrected chi connectivity index (χ1v) is 7.90. The van der Waals surface area contributed by atoms with Crippen molar-refractivity contribution in [2.75, 3.05) is 12.4 Å². The molecule has 0 atom stereocenters. The van der Waals surface area contributed by atoms with E-state index in [9.17, 15) is 9.59 Å². The minimum Gasteiger partial charge on any atom is -0.465 e. The standard InChI is InChI=1S/C18H18N4O4/c1-9-14(18(24)25-4)10(2)19-15(9)17(23)21-13-7-5-6-12(8-13)16-20-11(3)26-22-16/h5-8,19H,1-4H3,(H,21,23). The lowest BCUT2D eigenvalue weighted by Gasteiger charge is -2.06. The van der Waals surface area contributed by atoms with Crippen molar-refractivity contribution >= 4 is 17.6 Å². The highest BCUT2D eigenvalue weighted by molar-refractivity contribution is 6.07. The Kier molecular flexibility index (Phi) is 4.57. The highest BCUT2D eigenvalue weighted by Crippen LogP contribution is 2.23. The molecule has 134 valence electrons. The molecule has 0 aliphatic rings. The van der Waals surface area contributed by atoms with Crippen LogP contribution in [0.25, 0.3) is 11.4 Å². The van der Waals surface area contributed by atoms with Crippen molar-refractivity contribution in [3.8, 4) is 11.4 Å². The lowest BCUT2D eigenvalue weighted by atomic mass is 10.1. The Labute approximate surface area is 149 Å². The second kappa shape index (κ2) is 6.83. The van der Waals surface area contributed by atoms with Gasteiger partial charge in [0, 0.05) is 23.9 Å². The number of H-pyrrole nitrogens is 1. The summed E-state index contributed by atoms with van der Waals surface area (Å²) < 4.78 is 9.74. The topological polar surface area (TPSA) is 110 Å². The first kappa shape index (κ1) is 17.4. The molecule has 26 heavy (non-hydrogen) atoms. The van der Waals surface area contributed by atoms with Crippen LogP contribution in [0, 0.1) is 20.8 Å². The molecule has 8 heteroatoms. The molecule has 0 spiro atoms. The minimum absolute atomic E-state index is 0.309. The third kappa shape index (κ3) is 3.21. The highest BCUT2D eigenvalue weighted by Gasteiger charge is 2.22. The molecular weight excluding hydrogens is 336 g/mol. The molecular formula is C18H18N4O4. The average Bonchev–Trinajstić information content (AvgIpc) is 3.18. The van der Waals surface area contributed by atoms with Crippen molar-refractivity contribution in [3.63, 3.8) is 0 Å². The summed E-state index contributed by atoms with van der Waals surface area (Å²) in [4.78, 5) is 31.6. The van der Waals surface area contributed by atoms with Crippen LogP contribution in [0.15, 0.2) is 28.8 Å². The monoisotopic (exact) mass is 354 g/mol. The van der Waals surface area contributed by atoms with E-state index in [2.05, 4.69) is 20.4 Å². The largest absolute Gasteiger partial charge is 0.465 e. The average molecular weight is 354 g/mol. The molecule has 0 fully saturated rings. The maximum Gasteiger partial charge on any atom is 0.339 e. The summed E-state index contributed by atoms with van der Waals surface area (Å²) in [5.41, 5.74) is 3.08. The lowest BCUT2D eigenvalue weighted by molar-refractivity contribution is 0.0599. The van der Waals surface area contributed by atoms with Gasteiger partial charge in [0.05, 0.1) is 12.7 Å². The van der Waals surface area contributed by atoms with Gasteiger partial charge in [-0.2, -0.15) is 4.98 Å². The number of ether oxygens (including phenoxy) is 1. The Morgan fingerprint density at radius 2 is 2.00 bits per heavy atom. The summed E-state index contributed by atoms with van der Waals surface area (Å²) >= 11 is 0. The molecule has 0 aliphatic carbocycles. The van der Waals surface area contributed by atoms with Crippen molar-refractivity contribution in [1.82, 2.24) is 15.1 Å². The molecule has 0 saturated carbocycles. The maximum atomic E-state index is 12.6. The third-order valence-electron chi connectivity index (χ3n) is 3.96. The summed E-state index contributed by atoms with van der Waals surface area (Å²) in [5, 5.41) is 6.67. The Morgan fingerprint density at radius 3 is 2.65 bits per heavy atom. The molecule has 3 rings (SSSR count). The molecule has 0 bridgehead atoms. The number of hydrogen-bond donors (Lipinski definition) is 2. The van der Waals surface area contributed by atoms with Crippen molar-refractivity contribution in [1.29, 1.82) is 0 Å². The molecule has 1 amide bonds. The Balaban J connectivity index is 1.86. The fourth-order valence-corrected chi connectivity index (χ4v) is 2.73. The van der Waals surface area contributed by atoms with Gasteiger partial charge in [-0.1, -0.05) is 17.3 Å². The lowest BCUT2D eigenvalue weighted by Crippen LogP contribution is -2.14. The number of carbonyl (C=O) groups excluding carboxylic acids is 2. The second-order valence-corrected chi connectivity index (χ2v) is 5.79. The first-order valence-electron chi connectivity index (χ1n) is 7.90. The van der Waals surface area contributed by atoms with E-state index in [0.717, 1.165) is 0 Å². The number of aromatic nitrogens is 3. The Bertz CT molecular complexity index is 987. The smallest absolute Gasteiger partial charge is 0.339 e. The van der Waals surface area contributed by atoms with Crippen LogP contribution in [0.3, 0.4) is 0 Å². The minimum atomic E-state index is -0.482. The molecule has 0 radical (unpaired) electrons. The quantitative estimate of drug-likeness (QED) is 0.697. The van der Waals surface area contributed by atoms with Crippen LogP contribution in [0.1, 0.15) is 38.0 Å². The van der Waals surface area contributed by atoms with E-state index in [1.54, 1.807) is 39.0 Å². The fraction of sp³-hybridized carbons (Fsp3) is 0.222. The van der Waals surface area contributed by atoms with Gasteiger partial charge in [0.1, 0.15) is 5.69 Å². The number of methoxy groups -OCH3 is 1. The van der Waals surface area contributed by atoms with E-state index in [0.29, 0.717) is 45.5 Å². The molecule has 0 aliphatic heterocycles. The molecule has 2 N–H and O–H groups in total. The Morgan fingerprint density at radius 1 is 1.23 bits per heavy atom.